The molecule has 0 aliphatic carbocycles. The van der Waals surface area contributed by atoms with E-state index >= 15 is 0 Å². The number of thioether (sulfide) groups is 1. The van der Waals surface area contributed by atoms with Gasteiger partial charge in [-0.15, -0.1) is 11.8 Å². The molecule has 1 spiro atoms. The molecule has 0 N–H and O–H groups in total. The lowest BCUT2D eigenvalue weighted by molar-refractivity contribution is 0.340. The first-order valence-electron chi connectivity index (χ1n) is 3.70. The largest absolute Gasteiger partial charge is 0.345 e. The van der Waals surface area contributed by atoms with E-state index in [0.717, 1.165) is 18.9 Å². The smallest absolute Gasteiger partial charge is 0.192 e. The molecular formula is C7H12N2OS. The maximum Gasteiger partial charge on any atom is 0.192 e. The third-order valence-electron chi connectivity index (χ3n) is 1.72. The topological polar surface area (TPSA) is 28.1 Å². The van der Waals surface area contributed by atoms with Gasteiger partial charge in [-0.05, 0) is 14.1 Å². The van der Waals surface area contributed by atoms with Crippen LogP contribution in [0.3, 0.4) is 0 Å². The zero-order chi connectivity index (χ0) is 7.90. The fraction of sp³-hybridized carbons (Fsp3) is 0.857. The summed E-state index contributed by atoms with van der Waals surface area (Å²) in [5, 5.41) is 1.22. The molecule has 2 aliphatic heterocycles. The van der Waals surface area contributed by atoms with Crippen molar-refractivity contribution in [2.75, 3.05) is 33.0 Å². The van der Waals surface area contributed by atoms with Crippen LogP contribution in [0.4, 0.5) is 0 Å². The Morgan fingerprint density at radius 1 is 1.73 bits per heavy atom. The first kappa shape index (κ1) is 7.58. The summed E-state index contributed by atoms with van der Waals surface area (Å²) in [6.45, 7) is 1.78. The zero-order valence-electron chi connectivity index (χ0n) is 6.83. The first-order valence-corrected chi connectivity index (χ1v) is 4.69. The summed E-state index contributed by atoms with van der Waals surface area (Å²) in [4.78, 5) is 6.62. The molecule has 2 rings (SSSR count). The third-order valence-corrected chi connectivity index (χ3v) is 2.87. The molecular weight excluding hydrogens is 160 g/mol. The predicted octanol–water partition coefficient (Wildman–Crippen LogP) is 0.420. The van der Waals surface area contributed by atoms with Crippen LogP contribution in [-0.2, 0) is 4.74 Å². The van der Waals surface area contributed by atoms with E-state index in [2.05, 4.69) is 24.0 Å². The van der Waals surface area contributed by atoms with Crippen molar-refractivity contribution in [1.82, 2.24) is 4.90 Å². The number of hydrogen-bond acceptors (Lipinski definition) is 4. The van der Waals surface area contributed by atoms with E-state index in [1.54, 1.807) is 0 Å². The van der Waals surface area contributed by atoms with Crippen LogP contribution in [0.2, 0.25) is 0 Å². The average Bonchev–Trinajstić information content (AvgIpc) is 2.51. The summed E-state index contributed by atoms with van der Waals surface area (Å²) in [6.07, 6.45) is 0. The maximum atomic E-state index is 5.24. The van der Waals surface area contributed by atoms with Crippen molar-refractivity contribution in [3.63, 3.8) is 0 Å². The van der Waals surface area contributed by atoms with Gasteiger partial charge in [-0.3, -0.25) is 0 Å². The monoisotopic (exact) mass is 172 g/mol. The number of hydrogen-bond donors (Lipinski definition) is 0. The summed E-state index contributed by atoms with van der Waals surface area (Å²) < 4.78 is 5.24. The Hall–Kier alpha value is -0.0600. The standard InChI is InChI=1S/C7H12N2OS/c1-9(2)3-6-8-7(4-10-7)5-11-6/h3-5H2,1-2H3. The highest BCUT2D eigenvalue weighted by Crippen LogP contribution is 2.38. The number of epoxide rings is 1. The van der Waals surface area contributed by atoms with Crippen LogP contribution in [-0.4, -0.2) is 48.7 Å². The average molecular weight is 172 g/mol. The van der Waals surface area contributed by atoms with Gasteiger partial charge in [0.05, 0.1) is 10.8 Å². The van der Waals surface area contributed by atoms with Crippen LogP contribution in [0.1, 0.15) is 0 Å². The van der Waals surface area contributed by atoms with Crippen LogP contribution in [0.15, 0.2) is 4.99 Å². The van der Waals surface area contributed by atoms with Crippen LogP contribution in [0, 0.1) is 0 Å². The lowest BCUT2D eigenvalue weighted by atomic mass is 10.4. The zero-order valence-corrected chi connectivity index (χ0v) is 7.65. The summed E-state index contributed by atoms with van der Waals surface area (Å²) in [5.74, 6) is 1.02. The maximum absolute atomic E-state index is 5.24. The molecule has 0 aromatic heterocycles. The molecule has 0 bridgehead atoms. The molecule has 0 aromatic carbocycles. The van der Waals surface area contributed by atoms with Crippen molar-refractivity contribution in [2.24, 2.45) is 4.99 Å². The minimum absolute atomic E-state index is 0.0734. The van der Waals surface area contributed by atoms with Gasteiger partial charge in [-0.2, -0.15) is 0 Å². The molecule has 1 fully saturated rings. The molecule has 2 heterocycles. The Bertz CT molecular complexity index is 199. The highest BCUT2D eigenvalue weighted by Gasteiger charge is 2.48. The highest BCUT2D eigenvalue weighted by atomic mass is 32.2. The molecule has 62 valence electrons. The van der Waals surface area contributed by atoms with Gasteiger partial charge >= 0.3 is 0 Å². The minimum atomic E-state index is -0.0734. The highest BCUT2D eigenvalue weighted by molar-refractivity contribution is 8.14. The van der Waals surface area contributed by atoms with Crippen molar-refractivity contribution in [1.29, 1.82) is 0 Å². The molecule has 0 saturated carbocycles. The number of ether oxygens (including phenoxy) is 1. The quantitative estimate of drug-likeness (QED) is 0.565. The van der Waals surface area contributed by atoms with Gasteiger partial charge in [-0.1, -0.05) is 0 Å². The van der Waals surface area contributed by atoms with Gasteiger partial charge in [0, 0.05) is 6.54 Å². The fourth-order valence-corrected chi connectivity index (χ4v) is 2.27. The van der Waals surface area contributed by atoms with E-state index in [0.29, 0.717) is 0 Å². The number of rotatable bonds is 2. The lowest BCUT2D eigenvalue weighted by Crippen LogP contribution is -2.18. The fourth-order valence-electron chi connectivity index (χ4n) is 1.07. The molecule has 4 heteroatoms. The molecule has 3 nitrogen and oxygen atoms in total. The third kappa shape index (κ3) is 1.58. The van der Waals surface area contributed by atoms with E-state index in [9.17, 15) is 0 Å². The van der Waals surface area contributed by atoms with E-state index in [4.69, 9.17) is 4.74 Å². The Balaban J connectivity index is 1.95. The van der Waals surface area contributed by atoms with Gasteiger partial charge in [0.1, 0.15) is 6.61 Å². The summed E-state index contributed by atoms with van der Waals surface area (Å²) in [6, 6.07) is 0. The van der Waals surface area contributed by atoms with Crippen LogP contribution in [0.25, 0.3) is 0 Å². The van der Waals surface area contributed by atoms with Crippen LogP contribution < -0.4 is 0 Å². The Kier molecular flexibility index (Phi) is 1.70. The SMILES string of the molecule is CN(C)CC1=NC2(CO2)CS1. The van der Waals surface area contributed by atoms with Crippen molar-refractivity contribution in [2.45, 2.75) is 5.72 Å². The van der Waals surface area contributed by atoms with E-state index < -0.39 is 0 Å². The Morgan fingerprint density at radius 2 is 2.45 bits per heavy atom. The van der Waals surface area contributed by atoms with Crippen molar-refractivity contribution < 1.29 is 4.74 Å². The second kappa shape index (κ2) is 2.47. The van der Waals surface area contributed by atoms with Gasteiger partial charge in [0.15, 0.2) is 5.72 Å². The normalized spacial score (nSPS) is 35.0. The predicted molar refractivity (Wildman–Crippen MR) is 47.1 cm³/mol. The van der Waals surface area contributed by atoms with Crippen LogP contribution >= 0.6 is 11.8 Å². The van der Waals surface area contributed by atoms with Crippen LogP contribution in [0.5, 0.6) is 0 Å². The molecule has 0 amide bonds. The van der Waals surface area contributed by atoms with Gasteiger partial charge < -0.3 is 9.64 Å². The van der Waals surface area contributed by atoms with E-state index in [-0.39, 0.29) is 5.72 Å². The molecule has 1 saturated heterocycles. The first-order chi connectivity index (χ1) is 5.20. The number of aliphatic imine (C=N–C) groups is 1. The molecule has 11 heavy (non-hydrogen) atoms. The molecule has 2 aliphatic rings. The number of nitrogens with zero attached hydrogens (tertiary/aromatic N) is 2. The van der Waals surface area contributed by atoms with Gasteiger partial charge in [0.25, 0.3) is 0 Å². The molecule has 1 atom stereocenters. The summed E-state index contributed by atoms with van der Waals surface area (Å²) >= 11 is 1.82. The van der Waals surface area contributed by atoms with Crippen molar-refractivity contribution in [3.05, 3.63) is 0 Å². The lowest BCUT2D eigenvalue weighted by Gasteiger charge is -2.06. The molecule has 0 aromatic rings. The molecule has 0 radical (unpaired) electrons. The summed E-state index contributed by atoms with van der Waals surface area (Å²) in [7, 11) is 4.11. The molecule has 1 unspecified atom stereocenters. The van der Waals surface area contributed by atoms with E-state index in [1.165, 1.54) is 5.04 Å². The second-order valence-corrected chi connectivity index (χ2v) is 4.32. The Morgan fingerprint density at radius 3 is 2.91 bits per heavy atom. The van der Waals surface area contributed by atoms with Gasteiger partial charge in [-0.25, -0.2) is 4.99 Å². The van der Waals surface area contributed by atoms with Crippen molar-refractivity contribution >= 4 is 16.8 Å². The summed E-state index contributed by atoms with van der Waals surface area (Å²) in [5.41, 5.74) is -0.0734. The minimum Gasteiger partial charge on any atom is -0.345 e. The second-order valence-electron chi connectivity index (χ2n) is 3.27. The Labute approximate surface area is 70.8 Å². The van der Waals surface area contributed by atoms with Crippen molar-refractivity contribution in [3.8, 4) is 0 Å². The van der Waals surface area contributed by atoms with E-state index in [1.807, 2.05) is 11.8 Å². The van der Waals surface area contributed by atoms with Gasteiger partial charge in [0.2, 0.25) is 0 Å².